The van der Waals surface area contributed by atoms with Crippen molar-refractivity contribution in [3.8, 4) is 5.75 Å². The summed E-state index contributed by atoms with van der Waals surface area (Å²) in [5.41, 5.74) is 5.87. The molecule has 0 saturated heterocycles. The number of benzene rings is 1. The third-order valence-corrected chi connectivity index (χ3v) is 2.99. The summed E-state index contributed by atoms with van der Waals surface area (Å²) in [4.78, 5) is 12.0. The number of carbonyl (C=O) groups excluding carboxylic acids is 1. The number of para-hydroxylation sites is 2. The quantitative estimate of drug-likeness (QED) is 0.840. The van der Waals surface area contributed by atoms with Crippen LogP contribution in [0.25, 0.3) is 0 Å². The zero-order chi connectivity index (χ0) is 15.5. The molecule has 1 aromatic carbocycles. The van der Waals surface area contributed by atoms with Gasteiger partial charge >= 0.3 is 6.18 Å². The zero-order valence-corrected chi connectivity index (χ0v) is 11.1. The van der Waals surface area contributed by atoms with E-state index in [0.29, 0.717) is 6.42 Å². The van der Waals surface area contributed by atoms with Crippen LogP contribution in [0, 0.1) is 5.92 Å². The van der Waals surface area contributed by atoms with Crippen LogP contribution in [0.2, 0.25) is 0 Å². The Morgan fingerprint density at radius 1 is 1.33 bits per heavy atom. The van der Waals surface area contributed by atoms with Crippen LogP contribution >= 0.6 is 0 Å². The number of halogens is 3. The van der Waals surface area contributed by atoms with Crippen molar-refractivity contribution in [1.82, 2.24) is 0 Å². The third kappa shape index (κ3) is 4.49. The number of alkyl halides is 3. The summed E-state index contributed by atoms with van der Waals surface area (Å²) in [6, 6.07) is 5.83. The number of carbonyl (C=O) groups is 1. The highest BCUT2D eigenvalue weighted by Gasteiger charge is 2.29. The van der Waals surface area contributed by atoms with Crippen molar-refractivity contribution < 1.29 is 22.7 Å². The Labute approximate surface area is 119 Å². The summed E-state index contributed by atoms with van der Waals surface area (Å²) in [5.74, 6) is -0.715. The molecule has 0 aliphatic heterocycles. The molecule has 0 saturated carbocycles. The van der Waals surface area contributed by atoms with Crippen molar-refractivity contribution >= 4 is 11.6 Å². The summed E-state index contributed by atoms with van der Waals surface area (Å²) < 4.78 is 41.3. The average molecular weight is 300 g/mol. The van der Waals surface area contributed by atoms with E-state index in [1.807, 2.05) is 0 Å². The molecule has 1 aliphatic rings. The van der Waals surface area contributed by atoms with Gasteiger partial charge in [-0.25, -0.2) is 0 Å². The lowest BCUT2D eigenvalue weighted by atomic mass is 10.1. The number of hydrogen-bond acceptors (Lipinski definition) is 3. The van der Waals surface area contributed by atoms with Gasteiger partial charge in [-0.1, -0.05) is 24.3 Å². The summed E-state index contributed by atoms with van der Waals surface area (Å²) >= 11 is 0. The second-order valence-electron chi connectivity index (χ2n) is 4.78. The molecule has 1 amide bonds. The van der Waals surface area contributed by atoms with E-state index in [1.165, 1.54) is 18.2 Å². The SMILES string of the molecule is NC1C=CC(C(=O)Nc2ccccc2OCC(F)(F)F)C1. The normalized spacial score (nSPS) is 21.3. The summed E-state index contributed by atoms with van der Waals surface area (Å²) in [5, 5.41) is 2.57. The Kier molecular flexibility index (Phi) is 4.52. The average Bonchev–Trinajstić information content (AvgIpc) is 2.83. The predicted molar refractivity (Wildman–Crippen MR) is 71.8 cm³/mol. The summed E-state index contributed by atoms with van der Waals surface area (Å²) in [6.45, 7) is -1.41. The van der Waals surface area contributed by atoms with Gasteiger partial charge in [-0.05, 0) is 18.6 Å². The fraction of sp³-hybridized carbons (Fsp3) is 0.357. The Balaban J connectivity index is 2.03. The Bertz CT molecular complexity index is 543. The van der Waals surface area contributed by atoms with Crippen molar-refractivity contribution in [2.75, 3.05) is 11.9 Å². The molecule has 0 radical (unpaired) electrons. The highest BCUT2D eigenvalue weighted by atomic mass is 19.4. The first-order chi connectivity index (χ1) is 9.85. The molecule has 2 atom stereocenters. The molecular formula is C14H15F3N2O2. The molecular weight excluding hydrogens is 285 g/mol. The molecule has 0 heterocycles. The number of ether oxygens (including phenoxy) is 1. The van der Waals surface area contributed by atoms with Crippen LogP contribution in [-0.2, 0) is 4.79 Å². The molecule has 0 fully saturated rings. The smallest absolute Gasteiger partial charge is 0.422 e. The first-order valence-corrected chi connectivity index (χ1v) is 6.38. The van der Waals surface area contributed by atoms with Gasteiger partial charge in [-0.2, -0.15) is 13.2 Å². The molecule has 7 heteroatoms. The molecule has 0 spiro atoms. The van der Waals surface area contributed by atoms with Crippen LogP contribution < -0.4 is 15.8 Å². The van der Waals surface area contributed by atoms with Gasteiger partial charge in [0.25, 0.3) is 0 Å². The molecule has 1 aliphatic carbocycles. The molecule has 114 valence electrons. The van der Waals surface area contributed by atoms with Crippen molar-refractivity contribution in [2.45, 2.75) is 18.6 Å². The van der Waals surface area contributed by atoms with Gasteiger partial charge in [0.15, 0.2) is 6.61 Å². The van der Waals surface area contributed by atoms with Crippen molar-refractivity contribution in [1.29, 1.82) is 0 Å². The number of anilines is 1. The maximum absolute atomic E-state index is 12.2. The highest BCUT2D eigenvalue weighted by molar-refractivity contribution is 5.95. The number of nitrogens with one attached hydrogen (secondary N) is 1. The minimum Gasteiger partial charge on any atom is -0.482 e. The number of amides is 1. The molecule has 21 heavy (non-hydrogen) atoms. The van der Waals surface area contributed by atoms with Crippen molar-refractivity contribution in [3.05, 3.63) is 36.4 Å². The van der Waals surface area contributed by atoms with Crippen LogP contribution in [0.15, 0.2) is 36.4 Å². The molecule has 4 nitrogen and oxygen atoms in total. The number of rotatable bonds is 4. The largest absolute Gasteiger partial charge is 0.482 e. The molecule has 3 N–H and O–H groups in total. The Hall–Kier alpha value is -2.02. The minimum atomic E-state index is -4.43. The van der Waals surface area contributed by atoms with E-state index in [4.69, 9.17) is 10.5 Å². The minimum absolute atomic E-state index is 0.0190. The monoisotopic (exact) mass is 300 g/mol. The third-order valence-electron chi connectivity index (χ3n) is 2.99. The lowest BCUT2D eigenvalue weighted by Crippen LogP contribution is -2.24. The summed E-state index contributed by atoms with van der Waals surface area (Å²) in [6.07, 6.45) is -0.523. The van der Waals surface area contributed by atoms with Crippen LogP contribution in [0.1, 0.15) is 6.42 Å². The van der Waals surface area contributed by atoms with E-state index >= 15 is 0 Å². The van der Waals surface area contributed by atoms with Crippen molar-refractivity contribution in [3.63, 3.8) is 0 Å². The lowest BCUT2D eigenvalue weighted by molar-refractivity contribution is -0.153. The van der Waals surface area contributed by atoms with Crippen LogP contribution in [0.5, 0.6) is 5.75 Å². The zero-order valence-electron chi connectivity index (χ0n) is 11.1. The maximum atomic E-state index is 12.2. The fourth-order valence-corrected chi connectivity index (χ4v) is 2.00. The number of hydrogen-bond donors (Lipinski definition) is 2. The first-order valence-electron chi connectivity index (χ1n) is 6.38. The molecule has 0 bridgehead atoms. The lowest BCUT2D eigenvalue weighted by Gasteiger charge is -2.15. The maximum Gasteiger partial charge on any atom is 0.422 e. The molecule has 1 aromatic rings. The number of nitrogens with two attached hydrogens (primary N) is 1. The van der Waals surface area contributed by atoms with Gasteiger partial charge in [0.05, 0.1) is 11.6 Å². The van der Waals surface area contributed by atoms with Crippen LogP contribution in [0.4, 0.5) is 18.9 Å². The van der Waals surface area contributed by atoms with E-state index in [-0.39, 0.29) is 29.3 Å². The Morgan fingerprint density at radius 3 is 2.67 bits per heavy atom. The first kappa shape index (κ1) is 15.4. The van der Waals surface area contributed by atoms with E-state index in [1.54, 1.807) is 18.2 Å². The second kappa shape index (κ2) is 6.17. The van der Waals surface area contributed by atoms with Gasteiger partial charge < -0.3 is 15.8 Å². The van der Waals surface area contributed by atoms with Gasteiger partial charge in [-0.15, -0.1) is 0 Å². The van der Waals surface area contributed by atoms with Gasteiger partial charge in [0.2, 0.25) is 5.91 Å². The predicted octanol–water partition coefficient (Wildman–Crippen LogP) is 2.47. The van der Waals surface area contributed by atoms with Gasteiger partial charge in [0.1, 0.15) is 5.75 Å². The standard InChI is InChI=1S/C14H15F3N2O2/c15-14(16,17)8-21-12-4-2-1-3-11(12)19-13(20)9-5-6-10(18)7-9/h1-6,9-10H,7-8,18H2,(H,19,20). The molecule has 0 aromatic heterocycles. The van der Waals surface area contributed by atoms with Crippen molar-refractivity contribution in [2.24, 2.45) is 11.7 Å². The Morgan fingerprint density at radius 2 is 2.05 bits per heavy atom. The second-order valence-corrected chi connectivity index (χ2v) is 4.78. The van der Waals surface area contributed by atoms with Crippen LogP contribution in [0.3, 0.4) is 0 Å². The summed E-state index contributed by atoms with van der Waals surface area (Å²) in [7, 11) is 0. The molecule has 2 rings (SSSR count). The topological polar surface area (TPSA) is 64.4 Å². The van der Waals surface area contributed by atoms with Gasteiger partial charge in [-0.3, -0.25) is 4.79 Å². The van der Waals surface area contributed by atoms with E-state index < -0.39 is 12.8 Å². The van der Waals surface area contributed by atoms with Gasteiger partial charge in [0, 0.05) is 6.04 Å². The van der Waals surface area contributed by atoms with Crippen LogP contribution in [-0.4, -0.2) is 24.7 Å². The van der Waals surface area contributed by atoms with E-state index in [2.05, 4.69) is 5.32 Å². The van der Waals surface area contributed by atoms with E-state index in [9.17, 15) is 18.0 Å². The highest BCUT2D eigenvalue weighted by Crippen LogP contribution is 2.27. The fourth-order valence-electron chi connectivity index (χ4n) is 2.00. The van der Waals surface area contributed by atoms with E-state index in [0.717, 1.165) is 0 Å². The molecule has 2 unspecified atom stereocenters.